The molecule has 1 aliphatic heterocycles. The molecule has 174 valence electrons. The fourth-order valence-electron chi connectivity index (χ4n) is 4.07. The highest BCUT2D eigenvalue weighted by Crippen LogP contribution is 2.26. The number of para-hydroxylation sites is 1. The zero-order valence-corrected chi connectivity index (χ0v) is 19.8. The van der Waals surface area contributed by atoms with Crippen LogP contribution in [0, 0.1) is 6.92 Å². The average molecular weight is 455 g/mol. The third-order valence-corrected chi connectivity index (χ3v) is 5.91. The maximum atomic E-state index is 13.0. The normalized spacial score (nSPS) is 16.0. The molecule has 2 amide bonds. The van der Waals surface area contributed by atoms with Gasteiger partial charge in [0.05, 0.1) is 18.7 Å². The summed E-state index contributed by atoms with van der Waals surface area (Å²) in [5.41, 5.74) is 5.96. The Bertz CT molecular complexity index is 1190. The topological polar surface area (TPSA) is 73.8 Å². The van der Waals surface area contributed by atoms with Gasteiger partial charge in [0.25, 0.3) is 0 Å². The average Bonchev–Trinajstić information content (AvgIpc) is 2.97. The number of rotatable bonds is 6. The van der Waals surface area contributed by atoms with E-state index in [-0.39, 0.29) is 18.2 Å². The highest BCUT2D eigenvalue weighted by atomic mass is 16.2. The first kappa shape index (κ1) is 23.2. The maximum Gasteiger partial charge on any atom is 0.243 e. The van der Waals surface area contributed by atoms with Crippen LogP contribution >= 0.6 is 0 Å². The van der Waals surface area contributed by atoms with E-state index in [2.05, 4.69) is 27.7 Å². The molecule has 1 aliphatic rings. The highest BCUT2D eigenvalue weighted by Gasteiger charge is 2.25. The number of nitrogens with one attached hydrogen (secondary N) is 2. The summed E-state index contributed by atoms with van der Waals surface area (Å²) < 4.78 is 0. The van der Waals surface area contributed by atoms with Gasteiger partial charge < -0.3 is 15.5 Å². The summed E-state index contributed by atoms with van der Waals surface area (Å²) in [7, 11) is 1.99. The van der Waals surface area contributed by atoms with E-state index in [1.54, 1.807) is 6.92 Å². The summed E-state index contributed by atoms with van der Waals surface area (Å²) in [6, 6.07) is 25.2. The molecule has 0 saturated carbocycles. The van der Waals surface area contributed by atoms with E-state index < -0.39 is 12.2 Å². The van der Waals surface area contributed by atoms with Crippen LogP contribution in [0.15, 0.2) is 83.9 Å². The van der Waals surface area contributed by atoms with Crippen LogP contribution in [-0.4, -0.2) is 43.3 Å². The fraction of sp³-hybridized carbons (Fsp3) is 0.250. The smallest absolute Gasteiger partial charge is 0.243 e. The summed E-state index contributed by atoms with van der Waals surface area (Å²) in [5.74, 6) is -0.455. The van der Waals surface area contributed by atoms with E-state index >= 15 is 0 Å². The van der Waals surface area contributed by atoms with Gasteiger partial charge in [-0.1, -0.05) is 78.4 Å². The van der Waals surface area contributed by atoms with E-state index in [0.29, 0.717) is 6.54 Å². The van der Waals surface area contributed by atoms with Gasteiger partial charge in [0, 0.05) is 23.9 Å². The SMILES string of the molecule is Cc1ccc(CC(=O)N[C@@H](C)C(=O)N[C@@H]2CN(C)c3ccccc3C(c3ccccc3)=N2)cc1. The number of carbonyl (C=O) groups excluding carboxylic acids is 2. The van der Waals surface area contributed by atoms with E-state index in [0.717, 1.165) is 33.7 Å². The molecule has 0 radical (unpaired) electrons. The van der Waals surface area contributed by atoms with E-state index in [9.17, 15) is 9.59 Å². The standard InChI is InChI=1S/C28H30N4O2/c1-19-13-15-21(16-14-19)17-26(33)29-20(2)28(34)31-25-18-32(3)24-12-8-7-11-23(24)27(30-25)22-9-5-4-6-10-22/h4-16,20,25H,17-18H2,1-3H3,(H,29,33)(H,31,34)/t20-,25+/m0/s1. The molecule has 0 fully saturated rings. The Morgan fingerprint density at radius 3 is 2.41 bits per heavy atom. The summed E-state index contributed by atoms with van der Waals surface area (Å²) in [4.78, 5) is 32.5. The molecule has 0 spiro atoms. The van der Waals surface area contributed by atoms with Crippen molar-refractivity contribution in [3.8, 4) is 0 Å². The van der Waals surface area contributed by atoms with Gasteiger partial charge in [-0.25, -0.2) is 0 Å². The number of likely N-dealkylation sites (N-methyl/N-ethyl adjacent to an activating group) is 1. The lowest BCUT2D eigenvalue weighted by molar-refractivity contribution is -0.128. The molecule has 1 heterocycles. The number of hydrogen-bond acceptors (Lipinski definition) is 4. The first-order chi connectivity index (χ1) is 16.4. The van der Waals surface area contributed by atoms with Crippen LogP contribution in [0.25, 0.3) is 0 Å². The second-order valence-electron chi connectivity index (χ2n) is 8.72. The first-order valence-corrected chi connectivity index (χ1v) is 11.5. The third-order valence-electron chi connectivity index (χ3n) is 5.91. The molecule has 4 rings (SSSR count). The van der Waals surface area contributed by atoms with Crippen molar-refractivity contribution in [2.75, 3.05) is 18.5 Å². The molecule has 0 saturated heterocycles. The zero-order valence-electron chi connectivity index (χ0n) is 19.8. The minimum Gasteiger partial charge on any atom is -0.370 e. The Labute approximate surface area is 200 Å². The van der Waals surface area contributed by atoms with Gasteiger partial charge in [-0.05, 0) is 25.5 Å². The molecule has 0 aromatic heterocycles. The van der Waals surface area contributed by atoms with Gasteiger partial charge in [0.15, 0.2) is 0 Å². The predicted molar refractivity (Wildman–Crippen MR) is 136 cm³/mol. The quantitative estimate of drug-likeness (QED) is 0.599. The molecule has 34 heavy (non-hydrogen) atoms. The number of hydrogen-bond donors (Lipinski definition) is 2. The lowest BCUT2D eigenvalue weighted by Crippen LogP contribution is -2.50. The minimum absolute atomic E-state index is 0.189. The largest absolute Gasteiger partial charge is 0.370 e. The number of aliphatic imine (C=N–C) groups is 1. The summed E-state index contributed by atoms with van der Waals surface area (Å²) >= 11 is 0. The van der Waals surface area contributed by atoms with Crippen molar-refractivity contribution in [1.29, 1.82) is 0 Å². The molecule has 3 aromatic carbocycles. The second-order valence-corrected chi connectivity index (χ2v) is 8.72. The minimum atomic E-state index is -0.677. The van der Waals surface area contributed by atoms with Crippen LogP contribution < -0.4 is 15.5 Å². The third kappa shape index (κ3) is 5.52. The lowest BCUT2D eigenvalue weighted by atomic mass is 10.0. The fourth-order valence-corrected chi connectivity index (χ4v) is 4.07. The molecule has 0 aliphatic carbocycles. The Hall–Kier alpha value is -3.93. The maximum absolute atomic E-state index is 13.0. The monoisotopic (exact) mass is 454 g/mol. The van der Waals surface area contributed by atoms with Gasteiger partial charge >= 0.3 is 0 Å². The number of amides is 2. The summed E-state index contributed by atoms with van der Waals surface area (Å²) in [6.45, 7) is 4.22. The highest BCUT2D eigenvalue weighted by molar-refractivity contribution is 6.16. The predicted octanol–water partition coefficient (Wildman–Crippen LogP) is 3.47. The Kier molecular flexibility index (Phi) is 7.07. The lowest BCUT2D eigenvalue weighted by Gasteiger charge is -2.24. The van der Waals surface area contributed by atoms with Crippen molar-refractivity contribution >= 4 is 23.2 Å². The van der Waals surface area contributed by atoms with Crippen molar-refractivity contribution in [2.24, 2.45) is 4.99 Å². The molecule has 3 aromatic rings. The number of carbonyl (C=O) groups is 2. The van der Waals surface area contributed by atoms with Crippen LogP contribution in [0.5, 0.6) is 0 Å². The Morgan fingerprint density at radius 1 is 1.00 bits per heavy atom. The first-order valence-electron chi connectivity index (χ1n) is 11.5. The van der Waals surface area contributed by atoms with Crippen LogP contribution in [0.1, 0.15) is 29.2 Å². The molecular formula is C28H30N4O2. The van der Waals surface area contributed by atoms with Crippen LogP contribution in [0.3, 0.4) is 0 Å². The van der Waals surface area contributed by atoms with Gasteiger partial charge in [-0.2, -0.15) is 0 Å². The van der Waals surface area contributed by atoms with Crippen LogP contribution in [0.2, 0.25) is 0 Å². The number of benzodiazepines with no additional fused rings is 1. The van der Waals surface area contributed by atoms with Crippen LogP contribution in [-0.2, 0) is 16.0 Å². The summed E-state index contributed by atoms with van der Waals surface area (Å²) in [6.07, 6.45) is -0.230. The molecule has 6 nitrogen and oxygen atoms in total. The van der Waals surface area contributed by atoms with E-state index in [1.165, 1.54) is 0 Å². The number of aryl methyl sites for hydroxylation is 1. The molecule has 6 heteroatoms. The number of nitrogens with zero attached hydrogens (tertiary/aromatic N) is 2. The van der Waals surface area contributed by atoms with E-state index in [1.807, 2.05) is 80.7 Å². The van der Waals surface area contributed by atoms with Gasteiger partial charge in [0.1, 0.15) is 12.2 Å². The van der Waals surface area contributed by atoms with Crippen molar-refractivity contribution in [3.63, 3.8) is 0 Å². The molecule has 0 bridgehead atoms. The Morgan fingerprint density at radius 2 is 1.68 bits per heavy atom. The Balaban J connectivity index is 1.48. The number of benzene rings is 3. The molecule has 0 unspecified atom stereocenters. The molecule has 2 N–H and O–H groups in total. The van der Waals surface area contributed by atoms with Crippen molar-refractivity contribution in [2.45, 2.75) is 32.5 Å². The van der Waals surface area contributed by atoms with E-state index in [4.69, 9.17) is 4.99 Å². The van der Waals surface area contributed by atoms with Crippen molar-refractivity contribution in [1.82, 2.24) is 10.6 Å². The number of anilines is 1. The number of fused-ring (bicyclic) bond motifs is 1. The van der Waals surface area contributed by atoms with Gasteiger partial charge in [0.2, 0.25) is 11.8 Å². The second kappa shape index (κ2) is 10.3. The van der Waals surface area contributed by atoms with Gasteiger partial charge in [-0.15, -0.1) is 0 Å². The van der Waals surface area contributed by atoms with Crippen molar-refractivity contribution < 1.29 is 9.59 Å². The van der Waals surface area contributed by atoms with Crippen molar-refractivity contribution in [3.05, 3.63) is 101 Å². The molecular weight excluding hydrogens is 424 g/mol. The van der Waals surface area contributed by atoms with Gasteiger partial charge in [-0.3, -0.25) is 14.6 Å². The zero-order chi connectivity index (χ0) is 24.1. The van der Waals surface area contributed by atoms with Crippen LogP contribution in [0.4, 0.5) is 5.69 Å². The summed E-state index contributed by atoms with van der Waals surface area (Å²) in [5, 5.41) is 5.82. The molecule has 2 atom stereocenters.